The Morgan fingerprint density at radius 3 is 2.38 bits per heavy atom. The van der Waals surface area contributed by atoms with Crippen LogP contribution in [0.25, 0.3) is 0 Å². The molecule has 2 heterocycles. The summed E-state index contributed by atoms with van der Waals surface area (Å²) in [6, 6.07) is -0.376. The lowest BCUT2D eigenvalue weighted by molar-refractivity contribution is -0.145. The van der Waals surface area contributed by atoms with Crippen molar-refractivity contribution in [1.29, 1.82) is 0 Å². The van der Waals surface area contributed by atoms with Crippen molar-refractivity contribution in [2.24, 2.45) is 0 Å². The van der Waals surface area contributed by atoms with Crippen LogP contribution in [0.2, 0.25) is 0 Å². The third-order valence-corrected chi connectivity index (χ3v) is 4.91. The van der Waals surface area contributed by atoms with Crippen molar-refractivity contribution in [1.82, 2.24) is 15.1 Å². The summed E-state index contributed by atoms with van der Waals surface area (Å²) >= 11 is 0. The van der Waals surface area contributed by atoms with E-state index in [4.69, 9.17) is 4.74 Å². The molecule has 0 aromatic rings. The minimum Gasteiger partial charge on any atom is -0.468 e. The fourth-order valence-electron chi connectivity index (χ4n) is 3.51. The largest absolute Gasteiger partial charge is 0.468 e. The molecule has 2 aliphatic heterocycles. The predicted octanol–water partition coefficient (Wildman–Crippen LogP) is 0.531. The molecule has 24 heavy (non-hydrogen) atoms. The molecule has 0 radical (unpaired) electrons. The van der Waals surface area contributed by atoms with Gasteiger partial charge in [0.05, 0.1) is 7.11 Å². The first kappa shape index (κ1) is 18.7. The molecule has 2 amide bonds. The Bertz CT molecular complexity index is 461. The monoisotopic (exact) mass is 339 g/mol. The molecule has 0 spiro atoms. The van der Waals surface area contributed by atoms with Crippen molar-refractivity contribution >= 4 is 17.8 Å². The molecule has 2 fully saturated rings. The van der Waals surface area contributed by atoms with Gasteiger partial charge in [-0.25, -0.2) is 0 Å². The van der Waals surface area contributed by atoms with E-state index in [1.165, 1.54) is 20.0 Å². The number of likely N-dealkylation sites (tertiary alicyclic amines) is 2. The van der Waals surface area contributed by atoms with Gasteiger partial charge < -0.3 is 15.0 Å². The number of nitrogens with one attached hydrogen (secondary N) is 1. The Labute approximate surface area is 143 Å². The second-order valence-corrected chi connectivity index (χ2v) is 6.77. The van der Waals surface area contributed by atoms with Gasteiger partial charge in [0.1, 0.15) is 6.04 Å². The van der Waals surface area contributed by atoms with E-state index in [0.29, 0.717) is 13.0 Å². The number of hydrogen-bond donors (Lipinski definition) is 1. The topological polar surface area (TPSA) is 78.9 Å². The minimum absolute atomic E-state index is 0.0695. The van der Waals surface area contributed by atoms with E-state index < -0.39 is 0 Å². The summed E-state index contributed by atoms with van der Waals surface area (Å²) in [6.07, 6.45) is 5.49. The zero-order chi connectivity index (χ0) is 17.5. The van der Waals surface area contributed by atoms with E-state index in [1.807, 2.05) is 16.8 Å². The van der Waals surface area contributed by atoms with Gasteiger partial charge in [-0.2, -0.15) is 0 Å². The maximum atomic E-state index is 12.2. The van der Waals surface area contributed by atoms with E-state index in [1.54, 1.807) is 0 Å². The first-order valence-electron chi connectivity index (χ1n) is 8.86. The van der Waals surface area contributed by atoms with Crippen LogP contribution in [0, 0.1) is 0 Å². The summed E-state index contributed by atoms with van der Waals surface area (Å²) in [4.78, 5) is 39.7. The van der Waals surface area contributed by atoms with Crippen molar-refractivity contribution < 1.29 is 19.1 Å². The number of hydrogen-bond acceptors (Lipinski definition) is 5. The van der Waals surface area contributed by atoms with Gasteiger partial charge in [-0.05, 0) is 26.3 Å². The van der Waals surface area contributed by atoms with E-state index in [2.05, 4.69) is 5.32 Å². The quantitative estimate of drug-likeness (QED) is 0.739. The third-order valence-electron chi connectivity index (χ3n) is 4.91. The number of nitrogens with zero attached hydrogens (tertiary/aromatic N) is 2. The van der Waals surface area contributed by atoms with Gasteiger partial charge in [-0.15, -0.1) is 0 Å². The molecule has 2 atom stereocenters. The fourth-order valence-corrected chi connectivity index (χ4v) is 3.51. The molecule has 7 nitrogen and oxygen atoms in total. The fraction of sp³-hybridized carbons (Fsp3) is 0.824. The SMILES string of the molecule is COC(=O)[C@@H]1C[C@@H](NC(=O)CCC(=O)N2CCCCCC2)CN1C. The molecule has 0 aromatic heterocycles. The summed E-state index contributed by atoms with van der Waals surface area (Å²) in [6.45, 7) is 2.24. The van der Waals surface area contributed by atoms with Crippen LogP contribution in [0.15, 0.2) is 0 Å². The van der Waals surface area contributed by atoms with Gasteiger partial charge in [0.15, 0.2) is 0 Å². The highest BCUT2D eigenvalue weighted by molar-refractivity contribution is 5.84. The lowest BCUT2D eigenvalue weighted by Crippen LogP contribution is -2.38. The number of carbonyl (C=O) groups is 3. The number of ether oxygens (including phenoxy) is 1. The lowest BCUT2D eigenvalue weighted by Gasteiger charge is -2.20. The minimum atomic E-state index is -0.306. The number of methoxy groups -OCH3 is 1. The predicted molar refractivity (Wildman–Crippen MR) is 89.3 cm³/mol. The third kappa shape index (κ3) is 5.19. The maximum Gasteiger partial charge on any atom is 0.323 e. The summed E-state index contributed by atoms with van der Waals surface area (Å²) in [7, 11) is 3.22. The Morgan fingerprint density at radius 2 is 1.75 bits per heavy atom. The molecule has 0 aliphatic carbocycles. The second-order valence-electron chi connectivity index (χ2n) is 6.77. The molecule has 0 unspecified atom stereocenters. The summed E-state index contributed by atoms with van der Waals surface area (Å²) in [5.41, 5.74) is 0. The molecule has 2 rings (SSSR count). The molecule has 2 saturated heterocycles. The van der Waals surface area contributed by atoms with E-state index in [0.717, 1.165) is 25.9 Å². The second kappa shape index (κ2) is 9.01. The molecular formula is C17H29N3O4. The van der Waals surface area contributed by atoms with Crippen LogP contribution < -0.4 is 5.32 Å². The van der Waals surface area contributed by atoms with Crippen LogP contribution in [-0.2, 0) is 19.1 Å². The highest BCUT2D eigenvalue weighted by atomic mass is 16.5. The van der Waals surface area contributed by atoms with Gasteiger partial charge >= 0.3 is 5.97 Å². The zero-order valence-electron chi connectivity index (χ0n) is 14.8. The molecule has 2 aliphatic rings. The number of esters is 1. The van der Waals surface area contributed by atoms with Gasteiger partial charge in [-0.1, -0.05) is 12.8 Å². The Morgan fingerprint density at radius 1 is 1.08 bits per heavy atom. The van der Waals surface area contributed by atoms with Gasteiger partial charge in [0.25, 0.3) is 0 Å². The van der Waals surface area contributed by atoms with E-state index in [-0.39, 0.29) is 42.7 Å². The van der Waals surface area contributed by atoms with Crippen molar-refractivity contribution in [3.8, 4) is 0 Å². The molecule has 0 bridgehead atoms. The van der Waals surface area contributed by atoms with Crippen LogP contribution in [-0.4, -0.2) is 73.5 Å². The Kier molecular flexibility index (Phi) is 7.02. The van der Waals surface area contributed by atoms with Gasteiger partial charge in [0.2, 0.25) is 11.8 Å². The number of rotatable bonds is 5. The van der Waals surface area contributed by atoms with Crippen molar-refractivity contribution in [2.45, 2.75) is 57.0 Å². The lowest BCUT2D eigenvalue weighted by atomic mass is 10.1. The van der Waals surface area contributed by atoms with Crippen LogP contribution in [0.1, 0.15) is 44.9 Å². The van der Waals surface area contributed by atoms with Crippen molar-refractivity contribution in [3.05, 3.63) is 0 Å². The van der Waals surface area contributed by atoms with Crippen molar-refractivity contribution in [2.75, 3.05) is 33.8 Å². The van der Waals surface area contributed by atoms with E-state index in [9.17, 15) is 14.4 Å². The summed E-state index contributed by atoms with van der Waals surface area (Å²) < 4.78 is 4.77. The first-order chi connectivity index (χ1) is 11.5. The van der Waals surface area contributed by atoms with Crippen LogP contribution in [0.3, 0.4) is 0 Å². The Hall–Kier alpha value is -1.63. The molecule has 0 aromatic carbocycles. The molecule has 136 valence electrons. The molecule has 0 saturated carbocycles. The number of amides is 2. The van der Waals surface area contributed by atoms with Gasteiger partial charge in [-0.3, -0.25) is 19.3 Å². The number of carbonyl (C=O) groups excluding carboxylic acids is 3. The molecular weight excluding hydrogens is 310 g/mol. The molecule has 7 heteroatoms. The zero-order valence-corrected chi connectivity index (χ0v) is 14.8. The number of likely N-dealkylation sites (N-methyl/N-ethyl adjacent to an activating group) is 1. The van der Waals surface area contributed by atoms with E-state index >= 15 is 0 Å². The van der Waals surface area contributed by atoms with Crippen molar-refractivity contribution in [3.63, 3.8) is 0 Å². The average molecular weight is 339 g/mol. The van der Waals surface area contributed by atoms with Crippen LogP contribution >= 0.6 is 0 Å². The smallest absolute Gasteiger partial charge is 0.323 e. The first-order valence-corrected chi connectivity index (χ1v) is 8.86. The Balaban J connectivity index is 1.71. The summed E-state index contributed by atoms with van der Waals surface area (Å²) in [5, 5.41) is 2.93. The van der Waals surface area contributed by atoms with Gasteiger partial charge in [0, 0.05) is 38.5 Å². The summed E-state index contributed by atoms with van der Waals surface area (Å²) in [5.74, 6) is -0.323. The maximum absolute atomic E-state index is 12.2. The highest BCUT2D eigenvalue weighted by Crippen LogP contribution is 2.17. The molecule has 1 N–H and O–H groups in total. The average Bonchev–Trinajstić information content (AvgIpc) is 2.78. The standard InChI is InChI=1S/C17H29N3O4/c1-19-12-13(11-14(19)17(23)24-2)18-15(21)7-8-16(22)20-9-5-3-4-6-10-20/h13-14H,3-12H2,1-2H3,(H,18,21)/t13-,14+/m1/s1. The van der Waals surface area contributed by atoms with Crippen LogP contribution in [0.4, 0.5) is 0 Å². The van der Waals surface area contributed by atoms with Crippen LogP contribution in [0.5, 0.6) is 0 Å². The highest BCUT2D eigenvalue weighted by Gasteiger charge is 2.35. The normalized spacial score (nSPS) is 25.2.